The summed E-state index contributed by atoms with van der Waals surface area (Å²) in [6, 6.07) is 23.0. The summed E-state index contributed by atoms with van der Waals surface area (Å²) in [6.45, 7) is 1.57. The number of carbonyl (C=O) groups is 1. The van der Waals surface area contributed by atoms with Crippen molar-refractivity contribution in [3.63, 3.8) is 0 Å². The van der Waals surface area contributed by atoms with Crippen LogP contribution in [0.1, 0.15) is 46.8 Å². The van der Waals surface area contributed by atoms with Crippen LogP contribution in [0.25, 0.3) is 0 Å². The Kier molecular flexibility index (Phi) is 5.89. The Morgan fingerprint density at radius 3 is 2.55 bits per heavy atom. The van der Waals surface area contributed by atoms with Crippen LogP contribution in [0.2, 0.25) is 0 Å². The minimum Gasteiger partial charge on any atom is -0.378 e. The molecule has 1 aliphatic carbocycles. The summed E-state index contributed by atoms with van der Waals surface area (Å²) < 4.78 is 0. The van der Waals surface area contributed by atoms with Crippen LogP contribution in [0, 0.1) is 16.0 Å². The largest absolute Gasteiger partial charge is 0.378 e. The highest BCUT2D eigenvalue weighted by Gasteiger charge is 2.50. The van der Waals surface area contributed by atoms with Crippen LogP contribution in [-0.2, 0) is 0 Å². The number of Topliss-reactive ketones (excluding diaryl/α,β-unsaturated/α-hetero) is 1. The molecule has 0 unspecified atom stereocenters. The zero-order chi connectivity index (χ0) is 23.1. The van der Waals surface area contributed by atoms with Crippen LogP contribution < -0.4 is 5.32 Å². The van der Waals surface area contributed by atoms with Gasteiger partial charge in [-0.05, 0) is 54.7 Å². The van der Waals surface area contributed by atoms with E-state index in [1.165, 1.54) is 23.4 Å². The lowest BCUT2D eigenvalue weighted by Crippen LogP contribution is -2.31. The van der Waals surface area contributed by atoms with Crippen molar-refractivity contribution in [3.8, 4) is 0 Å². The number of anilines is 1. The molecule has 5 nitrogen and oxygen atoms in total. The van der Waals surface area contributed by atoms with E-state index in [0.717, 1.165) is 17.7 Å². The van der Waals surface area contributed by atoms with E-state index in [4.69, 9.17) is 11.6 Å². The minimum absolute atomic E-state index is 0.00251. The van der Waals surface area contributed by atoms with Gasteiger partial charge in [0.05, 0.1) is 21.2 Å². The third kappa shape index (κ3) is 4.02. The van der Waals surface area contributed by atoms with E-state index in [0.29, 0.717) is 10.5 Å². The summed E-state index contributed by atoms with van der Waals surface area (Å²) in [7, 11) is 0. The molecule has 1 fully saturated rings. The van der Waals surface area contributed by atoms with Gasteiger partial charge in [-0.25, -0.2) is 0 Å². The highest BCUT2D eigenvalue weighted by molar-refractivity contribution is 8.00. The van der Waals surface area contributed by atoms with Gasteiger partial charge in [0.15, 0.2) is 5.78 Å². The van der Waals surface area contributed by atoms with Gasteiger partial charge in [0.2, 0.25) is 0 Å². The first-order valence-electron chi connectivity index (χ1n) is 10.9. The highest BCUT2D eigenvalue weighted by atomic mass is 35.5. The standard InChI is InChI=1S/C26H23ClN2O3S/c1-15(30)17-11-12-20-18(13-17)24-19(26(28-20)16-7-3-2-4-8-16)14-23(25(24)27)33-22-10-6-5-9-21(22)29(31)32/h2-13,19,23-26,28H,14H2,1H3/t19-,23-,24-,25-,26-/m0/s1. The van der Waals surface area contributed by atoms with Crippen molar-refractivity contribution >= 4 is 40.5 Å². The third-order valence-electron chi connectivity index (χ3n) is 6.72. The summed E-state index contributed by atoms with van der Waals surface area (Å²) in [5, 5.41) is 15.0. The topological polar surface area (TPSA) is 72.2 Å². The first-order chi connectivity index (χ1) is 15.9. The molecule has 0 saturated heterocycles. The molecule has 0 amide bonds. The lowest BCUT2D eigenvalue weighted by atomic mass is 9.76. The number of fused-ring (bicyclic) bond motifs is 3. The maximum absolute atomic E-state index is 12.1. The van der Waals surface area contributed by atoms with Crippen molar-refractivity contribution in [2.45, 2.75) is 40.8 Å². The number of hydrogen-bond donors (Lipinski definition) is 1. The number of carbonyl (C=O) groups excluding carboxylic acids is 1. The Labute approximate surface area is 201 Å². The Balaban J connectivity index is 1.55. The van der Waals surface area contributed by atoms with Gasteiger partial charge in [-0.2, -0.15) is 0 Å². The van der Waals surface area contributed by atoms with Crippen molar-refractivity contribution < 1.29 is 9.72 Å². The molecule has 1 N–H and O–H groups in total. The Bertz CT molecular complexity index is 1220. The molecule has 0 aromatic heterocycles. The van der Waals surface area contributed by atoms with Gasteiger partial charge in [-0.1, -0.05) is 42.5 Å². The fourth-order valence-corrected chi connectivity index (χ4v) is 7.14. The second kappa shape index (κ2) is 8.84. The first kappa shape index (κ1) is 22.0. The molecular formula is C26H23ClN2O3S. The maximum atomic E-state index is 12.1. The normalized spacial score (nSPS) is 25.6. The molecule has 0 radical (unpaired) electrons. The Morgan fingerprint density at radius 2 is 1.82 bits per heavy atom. The number of nitro benzene ring substituents is 1. The van der Waals surface area contributed by atoms with Gasteiger partial charge >= 0.3 is 0 Å². The third-order valence-corrected chi connectivity index (χ3v) is 8.83. The highest BCUT2D eigenvalue weighted by Crippen LogP contribution is 2.58. The second-order valence-electron chi connectivity index (χ2n) is 8.64. The average molecular weight is 479 g/mol. The molecule has 168 valence electrons. The van der Waals surface area contributed by atoms with Crippen LogP contribution in [-0.4, -0.2) is 21.3 Å². The van der Waals surface area contributed by atoms with Gasteiger partial charge in [0, 0.05) is 28.5 Å². The molecule has 5 atom stereocenters. The van der Waals surface area contributed by atoms with Crippen molar-refractivity contribution in [3.05, 3.63) is 99.6 Å². The van der Waals surface area contributed by atoms with Crippen LogP contribution in [0.3, 0.4) is 0 Å². The molecule has 5 rings (SSSR count). The number of nitrogens with one attached hydrogen (secondary N) is 1. The number of nitrogens with zero attached hydrogens (tertiary/aromatic N) is 1. The van der Waals surface area contributed by atoms with E-state index < -0.39 is 0 Å². The van der Waals surface area contributed by atoms with E-state index in [9.17, 15) is 14.9 Å². The van der Waals surface area contributed by atoms with Crippen molar-refractivity contribution in [1.29, 1.82) is 0 Å². The average Bonchev–Trinajstić information content (AvgIpc) is 3.15. The van der Waals surface area contributed by atoms with Crippen LogP contribution in [0.15, 0.2) is 77.7 Å². The first-order valence-corrected chi connectivity index (χ1v) is 12.3. The number of hydrogen-bond acceptors (Lipinski definition) is 5. The summed E-state index contributed by atoms with van der Waals surface area (Å²) in [4.78, 5) is 23.9. The minimum atomic E-state index is -0.337. The second-order valence-corrected chi connectivity index (χ2v) is 10.4. The van der Waals surface area contributed by atoms with Crippen molar-refractivity contribution in [1.82, 2.24) is 0 Å². The van der Waals surface area contributed by atoms with Crippen LogP contribution in [0.5, 0.6) is 0 Å². The number of nitro groups is 1. The Morgan fingerprint density at radius 1 is 1.09 bits per heavy atom. The van der Waals surface area contributed by atoms with E-state index in [1.807, 2.05) is 42.5 Å². The molecule has 2 aliphatic rings. The lowest BCUT2D eigenvalue weighted by molar-refractivity contribution is -0.387. The fourth-order valence-electron chi connectivity index (χ4n) is 5.20. The zero-order valence-corrected chi connectivity index (χ0v) is 19.6. The predicted octanol–water partition coefficient (Wildman–Crippen LogP) is 6.84. The molecule has 1 heterocycles. The number of ketones is 1. The van der Waals surface area contributed by atoms with E-state index in [-0.39, 0.29) is 44.9 Å². The van der Waals surface area contributed by atoms with Crippen molar-refractivity contribution in [2.24, 2.45) is 5.92 Å². The van der Waals surface area contributed by atoms with E-state index in [2.05, 4.69) is 17.4 Å². The molecule has 1 saturated carbocycles. The number of thioether (sulfide) groups is 1. The number of para-hydroxylation sites is 1. The van der Waals surface area contributed by atoms with Gasteiger partial charge in [-0.15, -0.1) is 23.4 Å². The SMILES string of the molecule is CC(=O)c1ccc2c(c1)[C@@H]1[C@@H](Cl)[C@@H](Sc3ccccc3[N+](=O)[O-])C[C@@H]1[C@H](c1ccccc1)N2. The maximum Gasteiger partial charge on any atom is 0.282 e. The predicted molar refractivity (Wildman–Crippen MR) is 132 cm³/mol. The van der Waals surface area contributed by atoms with Crippen LogP contribution >= 0.6 is 23.4 Å². The molecule has 3 aromatic rings. The molecule has 33 heavy (non-hydrogen) atoms. The number of rotatable bonds is 5. The van der Waals surface area contributed by atoms with E-state index >= 15 is 0 Å². The number of halogens is 1. The summed E-state index contributed by atoms with van der Waals surface area (Å²) in [6.07, 6.45) is 0.811. The zero-order valence-electron chi connectivity index (χ0n) is 18.0. The number of alkyl halides is 1. The smallest absolute Gasteiger partial charge is 0.282 e. The molecule has 0 bridgehead atoms. The lowest BCUT2D eigenvalue weighted by Gasteiger charge is -2.38. The van der Waals surface area contributed by atoms with E-state index in [1.54, 1.807) is 19.1 Å². The van der Waals surface area contributed by atoms with Gasteiger partial charge in [0.1, 0.15) is 0 Å². The number of benzene rings is 3. The molecule has 3 aromatic carbocycles. The summed E-state index contributed by atoms with van der Waals surface area (Å²) in [5.41, 5.74) is 4.03. The molecule has 1 aliphatic heterocycles. The monoisotopic (exact) mass is 478 g/mol. The summed E-state index contributed by atoms with van der Waals surface area (Å²) in [5.74, 6) is 0.257. The van der Waals surface area contributed by atoms with Gasteiger partial charge in [0.25, 0.3) is 5.69 Å². The summed E-state index contributed by atoms with van der Waals surface area (Å²) >= 11 is 8.64. The van der Waals surface area contributed by atoms with Crippen LogP contribution in [0.4, 0.5) is 11.4 Å². The molecule has 7 heteroatoms. The van der Waals surface area contributed by atoms with Gasteiger partial charge in [-0.3, -0.25) is 14.9 Å². The fraction of sp³-hybridized carbons (Fsp3) is 0.269. The van der Waals surface area contributed by atoms with Gasteiger partial charge < -0.3 is 5.32 Å². The molecular weight excluding hydrogens is 456 g/mol. The quantitative estimate of drug-likeness (QED) is 0.188. The Hall–Kier alpha value is -2.83. The molecule has 0 spiro atoms. The van der Waals surface area contributed by atoms with Crippen molar-refractivity contribution in [2.75, 3.05) is 5.32 Å².